The molecule has 0 aliphatic carbocycles. The lowest BCUT2D eigenvalue weighted by molar-refractivity contribution is -0.143. The number of benzene rings is 2. The molecule has 3 aliphatic rings. The molecule has 2 fully saturated rings. The molecule has 9 heteroatoms. The van der Waals surface area contributed by atoms with Gasteiger partial charge in [-0.15, -0.1) is 0 Å². The van der Waals surface area contributed by atoms with Crippen LogP contribution in [-0.4, -0.2) is 59.2 Å². The second kappa shape index (κ2) is 9.26. The molecule has 176 valence electrons. The Hall–Kier alpha value is -3.72. The molecule has 0 bridgehead atoms. The van der Waals surface area contributed by atoms with E-state index in [1.54, 1.807) is 18.2 Å². The quantitative estimate of drug-likeness (QED) is 0.645. The smallest absolute Gasteiger partial charge is 0.255 e. The summed E-state index contributed by atoms with van der Waals surface area (Å²) in [5.74, 6) is -1.08. The van der Waals surface area contributed by atoms with Crippen molar-refractivity contribution in [3.63, 3.8) is 0 Å². The van der Waals surface area contributed by atoms with Gasteiger partial charge < -0.3 is 19.3 Å². The highest BCUT2D eigenvalue weighted by molar-refractivity contribution is 6.05. The van der Waals surface area contributed by atoms with Crippen molar-refractivity contribution < 1.29 is 32.8 Å². The molecule has 34 heavy (non-hydrogen) atoms. The Morgan fingerprint density at radius 3 is 2.74 bits per heavy atom. The van der Waals surface area contributed by atoms with Crippen molar-refractivity contribution in [2.75, 3.05) is 19.8 Å². The largest absolute Gasteiger partial charge is 0.489 e. The van der Waals surface area contributed by atoms with Gasteiger partial charge in [-0.3, -0.25) is 24.5 Å². The van der Waals surface area contributed by atoms with Gasteiger partial charge >= 0.3 is 0 Å². The third-order valence-corrected chi connectivity index (χ3v) is 6.06. The van der Waals surface area contributed by atoms with E-state index in [1.807, 2.05) is 0 Å². The minimum absolute atomic E-state index is 0.00859. The number of piperidine rings is 1. The van der Waals surface area contributed by atoms with Crippen molar-refractivity contribution in [3.8, 4) is 5.75 Å². The van der Waals surface area contributed by atoms with Gasteiger partial charge in [0.25, 0.3) is 5.91 Å². The number of carbonyl (C=O) groups excluding carboxylic acids is 4. The van der Waals surface area contributed by atoms with Crippen LogP contribution in [0.1, 0.15) is 44.0 Å². The van der Waals surface area contributed by atoms with Crippen molar-refractivity contribution in [2.45, 2.75) is 38.6 Å². The number of nitrogens with zero attached hydrogens (tertiary/aromatic N) is 2. The third-order valence-electron chi connectivity index (χ3n) is 6.06. The Bertz CT molecular complexity index is 1280. The zero-order valence-corrected chi connectivity index (χ0v) is 18.3. The summed E-state index contributed by atoms with van der Waals surface area (Å²) < 4.78 is 36.3. The van der Waals surface area contributed by atoms with E-state index in [2.05, 4.69) is 5.32 Å². The highest BCUT2D eigenvalue weighted by Crippen LogP contribution is 2.34. The molecule has 2 atom stereocenters. The van der Waals surface area contributed by atoms with E-state index in [0.717, 1.165) is 0 Å². The molecule has 5 rings (SSSR count). The van der Waals surface area contributed by atoms with Gasteiger partial charge in [0.2, 0.25) is 17.7 Å². The van der Waals surface area contributed by atoms with Crippen LogP contribution in [0.15, 0.2) is 42.4 Å². The predicted molar refractivity (Wildman–Crippen MR) is 119 cm³/mol. The zero-order valence-electron chi connectivity index (χ0n) is 21.3. The number of amides is 4. The van der Waals surface area contributed by atoms with Gasteiger partial charge in [-0.1, -0.05) is 30.3 Å². The minimum Gasteiger partial charge on any atom is -0.489 e. The standard InChI is InChI=1S/C25H25N3O6/c29-22-9-8-20(24(31)26-22)28-13-19-18(25(28)32)2-1-3-21(19)34-14-17-6-4-16(5-7-17)12-27-10-11-33-15-23(27)30/h1-7,20H,8-15H2,(H,26,29,31)/i6D,7D,12D. The van der Waals surface area contributed by atoms with Crippen molar-refractivity contribution in [1.29, 1.82) is 0 Å². The van der Waals surface area contributed by atoms with Crippen molar-refractivity contribution >= 4 is 23.6 Å². The lowest BCUT2D eigenvalue weighted by atomic mass is 10.0. The Labute approximate surface area is 200 Å². The molecule has 4 amide bonds. The fourth-order valence-corrected chi connectivity index (χ4v) is 4.27. The van der Waals surface area contributed by atoms with E-state index in [1.165, 1.54) is 21.9 Å². The maximum absolute atomic E-state index is 13.0. The second-order valence-corrected chi connectivity index (χ2v) is 8.30. The van der Waals surface area contributed by atoms with E-state index in [4.69, 9.17) is 13.6 Å². The summed E-state index contributed by atoms with van der Waals surface area (Å²) in [5, 5.41) is 2.28. The van der Waals surface area contributed by atoms with Crippen LogP contribution in [0.4, 0.5) is 0 Å². The Balaban J connectivity index is 1.32. The van der Waals surface area contributed by atoms with Gasteiger partial charge in [0, 0.05) is 30.6 Å². The Morgan fingerprint density at radius 2 is 1.97 bits per heavy atom. The molecule has 2 unspecified atom stereocenters. The number of morpholine rings is 1. The molecule has 1 N–H and O–H groups in total. The SMILES string of the molecule is [2H]c1cc(C([2H])N2CCOCC2=O)cc([2H])c1COc1cccc2c1CN(C1CCC(=O)NC1=O)C2=O. The van der Waals surface area contributed by atoms with E-state index < -0.39 is 18.5 Å². The number of carbonyl (C=O) groups is 4. The number of hydrogen-bond donors (Lipinski definition) is 1. The molecular formula is C25H25N3O6. The number of hydrogen-bond acceptors (Lipinski definition) is 6. The first-order valence-corrected chi connectivity index (χ1v) is 11.0. The average molecular weight is 467 g/mol. The van der Waals surface area contributed by atoms with Crippen LogP contribution in [0.5, 0.6) is 5.75 Å². The third kappa shape index (κ3) is 4.38. The van der Waals surface area contributed by atoms with Crippen LogP contribution in [0, 0.1) is 0 Å². The van der Waals surface area contributed by atoms with E-state index >= 15 is 0 Å². The van der Waals surface area contributed by atoms with Crippen LogP contribution in [0.2, 0.25) is 0 Å². The highest BCUT2D eigenvalue weighted by Gasteiger charge is 2.40. The van der Waals surface area contributed by atoms with Crippen LogP contribution >= 0.6 is 0 Å². The summed E-state index contributed by atoms with van der Waals surface area (Å²) >= 11 is 0. The molecule has 2 aromatic rings. The monoisotopic (exact) mass is 466 g/mol. The number of ether oxygens (including phenoxy) is 2. The predicted octanol–water partition coefficient (Wildman–Crippen LogP) is 1.39. The zero-order chi connectivity index (χ0) is 26.3. The fraction of sp³-hybridized carbons (Fsp3) is 0.360. The number of nitrogens with one attached hydrogen (secondary N) is 1. The van der Waals surface area contributed by atoms with E-state index in [0.29, 0.717) is 34.6 Å². The Morgan fingerprint density at radius 1 is 1.15 bits per heavy atom. The van der Waals surface area contributed by atoms with Crippen LogP contribution in [-0.2, 0) is 38.8 Å². The van der Waals surface area contributed by atoms with Gasteiger partial charge in [0.05, 0.1) is 17.3 Å². The Kier molecular flexibility index (Phi) is 5.09. The van der Waals surface area contributed by atoms with Gasteiger partial charge in [-0.2, -0.15) is 0 Å². The van der Waals surface area contributed by atoms with Gasteiger partial charge in [0.1, 0.15) is 25.0 Å². The molecule has 2 saturated heterocycles. The van der Waals surface area contributed by atoms with Crippen molar-refractivity contribution in [2.24, 2.45) is 0 Å². The number of fused-ring (bicyclic) bond motifs is 1. The molecule has 0 radical (unpaired) electrons. The van der Waals surface area contributed by atoms with E-state index in [9.17, 15) is 19.2 Å². The summed E-state index contributed by atoms with van der Waals surface area (Å²) in [6, 6.07) is 7.19. The van der Waals surface area contributed by atoms with Crippen LogP contribution < -0.4 is 10.1 Å². The fourth-order valence-electron chi connectivity index (χ4n) is 4.27. The van der Waals surface area contributed by atoms with Gasteiger partial charge in [0.15, 0.2) is 0 Å². The van der Waals surface area contributed by atoms with Gasteiger partial charge in [-0.25, -0.2) is 0 Å². The lowest BCUT2D eigenvalue weighted by Crippen LogP contribution is -2.52. The summed E-state index contributed by atoms with van der Waals surface area (Å²) in [7, 11) is 0. The molecule has 0 spiro atoms. The topological polar surface area (TPSA) is 105 Å². The normalized spacial score (nSPS) is 22.6. The van der Waals surface area contributed by atoms with Gasteiger partial charge in [-0.05, 0) is 29.7 Å². The summed E-state index contributed by atoms with van der Waals surface area (Å²) in [6.45, 7) is -0.494. The summed E-state index contributed by atoms with van der Waals surface area (Å²) in [4.78, 5) is 51.7. The van der Waals surface area contributed by atoms with E-state index in [-0.39, 0.29) is 69.0 Å². The van der Waals surface area contributed by atoms with Crippen molar-refractivity contribution in [1.82, 2.24) is 15.1 Å². The number of imide groups is 1. The summed E-state index contributed by atoms with van der Waals surface area (Å²) in [6.07, 6.45) is 0.414. The van der Waals surface area contributed by atoms with Crippen LogP contribution in [0.25, 0.3) is 0 Å². The molecule has 9 nitrogen and oxygen atoms in total. The van der Waals surface area contributed by atoms with Crippen LogP contribution in [0.3, 0.4) is 0 Å². The molecule has 0 aromatic heterocycles. The lowest BCUT2D eigenvalue weighted by Gasteiger charge is -2.29. The molecule has 3 aliphatic heterocycles. The minimum atomic E-state index is -1.04. The average Bonchev–Trinajstić information content (AvgIpc) is 3.20. The molecule has 2 aromatic carbocycles. The maximum Gasteiger partial charge on any atom is 0.255 e. The maximum atomic E-state index is 13.0. The summed E-state index contributed by atoms with van der Waals surface area (Å²) in [5.41, 5.74) is 1.67. The van der Waals surface area contributed by atoms with Crippen molar-refractivity contribution in [3.05, 3.63) is 64.7 Å². The number of rotatable bonds is 6. The molecule has 0 saturated carbocycles. The highest BCUT2D eigenvalue weighted by atomic mass is 16.5. The first kappa shape index (κ1) is 18.7. The molecular weight excluding hydrogens is 438 g/mol. The first-order chi connectivity index (χ1) is 17.7. The first-order valence-electron chi connectivity index (χ1n) is 12.6. The molecule has 3 heterocycles. The second-order valence-electron chi connectivity index (χ2n) is 8.30.